The van der Waals surface area contributed by atoms with E-state index in [1.165, 1.54) is 11.1 Å². The third-order valence-corrected chi connectivity index (χ3v) is 7.05. The first-order chi connectivity index (χ1) is 6.20. The van der Waals surface area contributed by atoms with Crippen LogP contribution in [0.4, 0.5) is 0 Å². The van der Waals surface area contributed by atoms with Crippen LogP contribution in [0.2, 0.25) is 0 Å². The highest BCUT2D eigenvalue weighted by molar-refractivity contribution is 8.04. The van der Waals surface area contributed by atoms with Crippen molar-refractivity contribution >= 4 is 22.6 Å². The second kappa shape index (κ2) is 2.51. The molecule has 5 atom stereocenters. The summed E-state index contributed by atoms with van der Waals surface area (Å²) in [6.07, 6.45) is 2.24. The molecule has 3 rings (SSSR count). The molecule has 1 fully saturated rings. The van der Waals surface area contributed by atoms with Gasteiger partial charge in [-0.3, -0.25) is 4.21 Å². The molecular formula is C10H12OS2. The van der Waals surface area contributed by atoms with E-state index >= 15 is 0 Å². The highest BCUT2D eigenvalue weighted by Crippen LogP contribution is 2.53. The summed E-state index contributed by atoms with van der Waals surface area (Å²) in [5.41, 5.74) is 2.81. The van der Waals surface area contributed by atoms with Crippen molar-refractivity contribution in [1.82, 2.24) is 0 Å². The Kier molecular flexibility index (Phi) is 1.60. The quantitative estimate of drug-likeness (QED) is 0.572. The molecule has 0 saturated carbocycles. The Morgan fingerprint density at radius 3 is 2.92 bits per heavy atom. The Balaban J connectivity index is 2.10. The van der Waals surface area contributed by atoms with Crippen LogP contribution in [-0.2, 0) is 10.8 Å². The lowest BCUT2D eigenvalue weighted by Crippen LogP contribution is -2.25. The maximum absolute atomic E-state index is 12.0. The first-order valence-corrected chi connectivity index (χ1v) is 6.82. The van der Waals surface area contributed by atoms with E-state index in [1.807, 2.05) is 11.8 Å². The topological polar surface area (TPSA) is 17.1 Å². The zero-order valence-electron chi connectivity index (χ0n) is 7.69. The molecule has 2 bridgehead atoms. The lowest BCUT2D eigenvalue weighted by Gasteiger charge is -2.21. The molecule has 0 N–H and O–H groups in total. The first kappa shape index (κ1) is 8.30. The summed E-state index contributed by atoms with van der Waals surface area (Å²) in [6, 6.07) is 0. The van der Waals surface area contributed by atoms with E-state index < -0.39 is 10.8 Å². The molecule has 3 heterocycles. The number of fused-ring (bicyclic) bond motifs is 5. The summed E-state index contributed by atoms with van der Waals surface area (Å²) in [5, 5.41) is 3.54. The maximum atomic E-state index is 12.0. The first-order valence-electron chi connectivity index (χ1n) is 4.60. The average molecular weight is 212 g/mol. The van der Waals surface area contributed by atoms with E-state index in [4.69, 9.17) is 0 Å². The van der Waals surface area contributed by atoms with Crippen LogP contribution < -0.4 is 0 Å². The minimum atomic E-state index is -0.615. The van der Waals surface area contributed by atoms with Gasteiger partial charge in [-0.15, -0.1) is 11.8 Å². The Morgan fingerprint density at radius 1 is 1.38 bits per heavy atom. The lowest BCUT2D eigenvalue weighted by atomic mass is 9.85. The van der Waals surface area contributed by atoms with Crippen LogP contribution in [0.3, 0.4) is 0 Å². The molecule has 0 radical (unpaired) electrons. The van der Waals surface area contributed by atoms with E-state index in [2.05, 4.69) is 25.3 Å². The van der Waals surface area contributed by atoms with Gasteiger partial charge in [0.05, 0.1) is 10.5 Å². The van der Waals surface area contributed by atoms with Gasteiger partial charge in [-0.25, -0.2) is 0 Å². The SMILES string of the molecule is CC1=CS[C@@H]2[C@H]1[C@@H]1C(C)=C[C@H]2S1=O. The molecule has 3 aliphatic heterocycles. The van der Waals surface area contributed by atoms with Gasteiger partial charge >= 0.3 is 0 Å². The van der Waals surface area contributed by atoms with Crippen LogP contribution in [0.25, 0.3) is 0 Å². The highest BCUT2D eigenvalue weighted by atomic mass is 32.2. The normalized spacial score (nSPS) is 52.0. The summed E-state index contributed by atoms with van der Waals surface area (Å²) in [6.45, 7) is 4.32. The molecule has 3 heteroatoms. The van der Waals surface area contributed by atoms with Crippen molar-refractivity contribution in [3.05, 3.63) is 22.6 Å². The van der Waals surface area contributed by atoms with Gasteiger partial charge in [0.2, 0.25) is 0 Å². The second-order valence-electron chi connectivity index (χ2n) is 4.11. The van der Waals surface area contributed by atoms with E-state index in [-0.39, 0.29) is 0 Å². The zero-order valence-corrected chi connectivity index (χ0v) is 9.32. The zero-order chi connectivity index (χ0) is 9.16. The van der Waals surface area contributed by atoms with Crippen molar-refractivity contribution in [2.75, 3.05) is 0 Å². The van der Waals surface area contributed by atoms with Crippen LogP contribution in [0.1, 0.15) is 13.8 Å². The third kappa shape index (κ3) is 0.873. The molecule has 0 amide bonds. The molecule has 0 aromatic rings. The van der Waals surface area contributed by atoms with Gasteiger partial charge < -0.3 is 0 Å². The predicted molar refractivity (Wildman–Crippen MR) is 58.1 cm³/mol. The van der Waals surface area contributed by atoms with E-state index in [1.54, 1.807) is 0 Å². The van der Waals surface area contributed by atoms with Crippen molar-refractivity contribution in [2.45, 2.75) is 29.6 Å². The Labute approximate surface area is 85.1 Å². The van der Waals surface area contributed by atoms with Crippen molar-refractivity contribution in [1.29, 1.82) is 0 Å². The fraction of sp³-hybridized carbons (Fsp3) is 0.600. The summed E-state index contributed by atoms with van der Waals surface area (Å²) in [5.74, 6) is 0.584. The van der Waals surface area contributed by atoms with Crippen LogP contribution in [0, 0.1) is 5.92 Å². The minimum Gasteiger partial charge on any atom is -0.258 e. The van der Waals surface area contributed by atoms with Crippen LogP contribution in [0.5, 0.6) is 0 Å². The molecule has 0 aliphatic carbocycles. The van der Waals surface area contributed by atoms with Crippen LogP contribution in [0.15, 0.2) is 22.6 Å². The molecular weight excluding hydrogens is 200 g/mol. The number of hydrogen-bond donors (Lipinski definition) is 0. The second-order valence-corrected chi connectivity index (χ2v) is 6.87. The van der Waals surface area contributed by atoms with Crippen molar-refractivity contribution < 1.29 is 4.21 Å². The summed E-state index contributed by atoms with van der Waals surface area (Å²) in [4.78, 5) is 0. The molecule has 70 valence electrons. The van der Waals surface area contributed by atoms with Gasteiger partial charge in [0.1, 0.15) is 0 Å². The van der Waals surface area contributed by atoms with Gasteiger partial charge in [-0.1, -0.05) is 17.2 Å². The molecule has 0 aromatic carbocycles. The molecule has 3 aliphatic rings. The third-order valence-electron chi connectivity index (χ3n) is 3.34. The lowest BCUT2D eigenvalue weighted by molar-refractivity contribution is 0.613. The summed E-state index contributed by atoms with van der Waals surface area (Å²) < 4.78 is 12.0. The van der Waals surface area contributed by atoms with Gasteiger partial charge in [-0.2, -0.15) is 0 Å². The average Bonchev–Trinajstić information content (AvgIpc) is 2.65. The molecule has 1 saturated heterocycles. The Morgan fingerprint density at radius 2 is 2.15 bits per heavy atom. The number of rotatable bonds is 0. The monoisotopic (exact) mass is 212 g/mol. The smallest absolute Gasteiger partial charge is 0.0665 e. The van der Waals surface area contributed by atoms with E-state index in [0.29, 0.717) is 21.7 Å². The number of thioether (sulfide) groups is 1. The molecule has 0 aromatic heterocycles. The van der Waals surface area contributed by atoms with E-state index in [0.717, 1.165) is 0 Å². The Bertz CT molecular complexity index is 356. The molecule has 0 spiro atoms. The van der Waals surface area contributed by atoms with Crippen LogP contribution >= 0.6 is 11.8 Å². The fourth-order valence-electron chi connectivity index (χ4n) is 2.73. The highest BCUT2D eigenvalue weighted by Gasteiger charge is 2.55. The summed E-state index contributed by atoms with van der Waals surface area (Å²) >= 11 is 1.89. The maximum Gasteiger partial charge on any atom is 0.0665 e. The standard InChI is InChI=1S/C10H12OS2/c1-5-3-7-9-8(6(2)4-12-9)10(5)13(7)11/h3-4,7-10H,1-2H3/t7-,8+,9+,10+,13?/m1/s1. The fourth-order valence-corrected chi connectivity index (χ4v) is 6.89. The van der Waals surface area contributed by atoms with Crippen molar-refractivity contribution in [3.8, 4) is 0 Å². The Hall–Kier alpha value is -0.0200. The minimum absolute atomic E-state index is 0.341. The summed E-state index contributed by atoms with van der Waals surface area (Å²) in [7, 11) is -0.615. The van der Waals surface area contributed by atoms with Crippen molar-refractivity contribution in [3.63, 3.8) is 0 Å². The molecule has 13 heavy (non-hydrogen) atoms. The van der Waals surface area contributed by atoms with Gasteiger partial charge in [0, 0.05) is 22.0 Å². The number of allylic oxidation sites excluding steroid dienone is 1. The largest absolute Gasteiger partial charge is 0.258 e. The molecule has 1 nitrogen and oxygen atoms in total. The van der Waals surface area contributed by atoms with Gasteiger partial charge in [-0.05, 0) is 19.3 Å². The van der Waals surface area contributed by atoms with E-state index in [9.17, 15) is 4.21 Å². The van der Waals surface area contributed by atoms with Crippen LogP contribution in [-0.4, -0.2) is 20.0 Å². The molecule has 1 unspecified atom stereocenters. The van der Waals surface area contributed by atoms with Gasteiger partial charge in [0.15, 0.2) is 0 Å². The van der Waals surface area contributed by atoms with Gasteiger partial charge in [0.25, 0.3) is 0 Å². The van der Waals surface area contributed by atoms with Crippen molar-refractivity contribution in [2.24, 2.45) is 5.92 Å². The number of hydrogen-bond acceptors (Lipinski definition) is 2. The predicted octanol–water partition coefficient (Wildman–Crippen LogP) is 2.08.